The van der Waals surface area contributed by atoms with Gasteiger partial charge in [0.1, 0.15) is 0 Å². The number of anilines is 1. The van der Waals surface area contributed by atoms with E-state index in [1.165, 1.54) is 0 Å². The molecule has 0 atom stereocenters. The highest BCUT2D eigenvalue weighted by Gasteiger charge is 2.12. The maximum atomic E-state index is 10.8. The standard InChI is InChI=1S/C4H5N3O4S3/c1-14(9,10)11-3(8)5-2-6-7-4(12)13-2/h1H3,(H,7,12)(H,5,6,8). The van der Waals surface area contributed by atoms with E-state index in [0.717, 1.165) is 17.6 Å². The lowest BCUT2D eigenvalue weighted by atomic mass is 11.0. The molecule has 1 aromatic rings. The first-order valence-corrected chi connectivity index (χ1v) is 6.17. The Labute approximate surface area is 88.2 Å². The highest BCUT2D eigenvalue weighted by Crippen LogP contribution is 2.11. The fourth-order valence-electron chi connectivity index (χ4n) is 0.529. The van der Waals surface area contributed by atoms with E-state index in [4.69, 9.17) is 0 Å². The minimum atomic E-state index is -3.81. The largest absolute Gasteiger partial charge is 0.429 e. The Kier molecular flexibility index (Phi) is 3.18. The second-order valence-electron chi connectivity index (χ2n) is 2.12. The predicted octanol–water partition coefficient (Wildman–Crippen LogP) is 0.709. The maximum absolute atomic E-state index is 10.8. The van der Waals surface area contributed by atoms with Crippen molar-refractivity contribution in [3.8, 4) is 0 Å². The van der Waals surface area contributed by atoms with E-state index < -0.39 is 16.2 Å². The van der Waals surface area contributed by atoms with E-state index >= 15 is 0 Å². The number of H-pyrrole nitrogens is 1. The summed E-state index contributed by atoms with van der Waals surface area (Å²) in [5, 5.41) is 8.20. The molecule has 0 unspecified atom stereocenters. The van der Waals surface area contributed by atoms with Crippen LogP contribution in [0.4, 0.5) is 9.93 Å². The Bertz CT molecular complexity index is 486. The van der Waals surface area contributed by atoms with E-state index in [2.05, 4.69) is 31.9 Å². The molecule has 0 radical (unpaired) electrons. The Hall–Kier alpha value is -1.00. The number of amides is 1. The third-order valence-electron chi connectivity index (χ3n) is 0.874. The normalized spacial score (nSPS) is 10.9. The number of rotatable bonds is 2. The van der Waals surface area contributed by atoms with Crippen LogP contribution in [-0.2, 0) is 14.3 Å². The molecule has 10 heteroatoms. The van der Waals surface area contributed by atoms with Crippen LogP contribution in [0, 0.1) is 3.95 Å². The summed E-state index contributed by atoms with van der Waals surface area (Å²) in [5.41, 5.74) is 0. The van der Waals surface area contributed by atoms with Crippen molar-refractivity contribution < 1.29 is 17.4 Å². The van der Waals surface area contributed by atoms with Crippen molar-refractivity contribution in [1.82, 2.24) is 10.2 Å². The molecule has 0 fully saturated rings. The van der Waals surface area contributed by atoms with Gasteiger partial charge in [0.15, 0.2) is 3.95 Å². The van der Waals surface area contributed by atoms with Gasteiger partial charge in [0, 0.05) is 0 Å². The Balaban J connectivity index is 2.63. The van der Waals surface area contributed by atoms with Gasteiger partial charge in [-0.1, -0.05) is 11.3 Å². The topological polar surface area (TPSA) is 101 Å². The van der Waals surface area contributed by atoms with Gasteiger partial charge in [-0.2, -0.15) is 8.42 Å². The number of hydrogen-bond donors (Lipinski definition) is 2. The zero-order chi connectivity index (χ0) is 10.8. The highest BCUT2D eigenvalue weighted by molar-refractivity contribution is 7.86. The number of carbonyl (C=O) groups excluding carboxylic acids is 1. The van der Waals surface area contributed by atoms with Crippen LogP contribution in [0.15, 0.2) is 0 Å². The molecule has 7 nitrogen and oxygen atoms in total. The Morgan fingerprint density at radius 2 is 2.36 bits per heavy atom. The second-order valence-corrected chi connectivity index (χ2v) is 5.36. The molecule has 0 aliphatic heterocycles. The number of aromatic nitrogens is 2. The third kappa shape index (κ3) is 3.81. The summed E-state index contributed by atoms with van der Waals surface area (Å²) in [6.45, 7) is 0. The molecule has 0 saturated carbocycles. The van der Waals surface area contributed by atoms with Crippen LogP contribution in [0.2, 0.25) is 0 Å². The third-order valence-corrected chi connectivity index (χ3v) is 2.33. The minimum Gasteiger partial charge on any atom is -0.328 e. The van der Waals surface area contributed by atoms with Gasteiger partial charge in [0.2, 0.25) is 5.13 Å². The SMILES string of the molecule is CS(=O)(=O)OC(=O)Nc1n[nH]c(=S)s1. The van der Waals surface area contributed by atoms with Gasteiger partial charge in [-0.05, 0) is 12.2 Å². The van der Waals surface area contributed by atoms with Crippen LogP contribution in [-0.4, -0.2) is 31.0 Å². The molecule has 1 rings (SSSR count). The molecular formula is C4H5N3O4S3. The van der Waals surface area contributed by atoms with Gasteiger partial charge in [-0.25, -0.2) is 4.79 Å². The van der Waals surface area contributed by atoms with Crippen molar-refractivity contribution in [2.75, 3.05) is 11.6 Å². The van der Waals surface area contributed by atoms with Crippen LogP contribution >= 0.6 is 23.6 Å². The molecular weight excluding hydrogens is 250 g/mol. The van der Waals surface area contributed by atoms with Crippen molar-refractivity contribution in [2.24, 2.45) is 0 Å². The van der Waals surface area contributed by atoms with Gasteiger partial charge in [0.25, 0.3) is 0 Å². The molecule has 78 valence electrons. The van der Waals surface area contributed by atoms with Gasteiger partial charge in [0.05, 0.1) is 6.26 Å². The van der Waals surface area contributed by atoms with E-state index in [9.17, 15) is 13.2 Å². The van der Waals surface area contributed by atoms with E-state index in [-0.39, 0.29) is 5.13 Å². The van der Waals surface area contributed by atoms with Crippen LogP contribution in [0.25, 0.3) is 0 Å². The molecule has 0 aliphatic carbocycles. The van der Waals surface area contributed by atoms with Crippen molar-refractivity contribution >= 4 is 44.9 Å². The number of nitrogens with zero attached hydrogens (tertiary/aromatic N) is 1. The van der Waals surface area contributed by atoms with Crippen LogP contribution in [0.5, 0.6) is 0 Å². The molecule has 1 aromatic heterocycles. The molecule has 0 aromatic carbocycles. The van der Waals surface area contributed by atoms with Crippen LogP contribution < -0.4 is 5.32 Å². The first-order chi connectivity index (χ1) is 6.37. The molecule has 2 N–H and O–H groups in total. The van der Waals surface area contributed by atoms with E-state index in [0.29, 0.717) is 3.95 Å². The van der Waals surface area contributed by atoms with Crippen molar-refractivity contribution in [2.45, 2.75) is 0 Å². The molecule has 0 spiro atoms. The Morgan fingerprint density at radius 3 is 2.79 bits per heavy atom. The maximum Gasteiger partial charge on any atom is 0.429 e. The van der Waals surface area contributed by atoms with Crippen molar-refractivity contribution in [1.29, 1.82) is 0 Å². The average Bonchev–Trinajstić information content (AvgIpc) is 2.30. The summed E-state index contributed by atoms with van der Waals surface area (Å²) >= 11 is 5.67. The average molecular weight is 255 g/mol. The lowest BCUT2D eigenvalue weighted by Crippen LogP contribution is -2.17. The summed E-state index contributed by atoms with van der Waals surface area (Å²) in [6.07, 6.45) is -0.357. The predicted molar refractivity (Wildman–Crippen MR) is 52.2 cm³/mol. The fourth-order valence-corrected chi connectivity index (χ4v) is 1.62. The smallest absolute Gasteiger partial charge is 0.328 e. The molecule has 0 aliphatic rings. The zero-order valence-electron chi connectivity index (χ0n) is 6.80. The minimum absolute atomic E-state index is 0.142. The van der Waals surface area contributed by atoms with Gasteiger partial charge < -0.3 is 4.18 Å². The lowest BCUT2D eigenvalue weighted by molar-refractivity contribution is 0.217. The summed E-state index contributed by atoms with van der Waals surface area (Å²) in [7, 11) is -3.81. The lowest BCUT2D eigenvalue weighted by Gasteiger charge is -1.99. The molecule has 14 heavy (non-hydrogen) atoms. The van der Waals surface area contributed by atoms with Crippen LogP contribution in [0.1, 0.15) is 0 Å². The number of hydrogen-bond acceptors (Lipinski definition) is 7. The number of carbonyl (C=O) groups is 1. The second kappa shape index (κ2) is 4.02. The first kappa shape index (κ1) is 11.1. The highest BCUT2D eigenvalue weighted by atomic mass is 32.2. The van der Waals surface area contributed by atoms with Gasteiger partial charge in [-0.3, -0.25) is 10.4 Å². The zero-order valence-corrected chi connectivity index (χ0v) is 9.25. The van der Waals surface area contributed by atoms with Crippen molar-refractivity contribution in [3.63, 3.8) is 0 Å². The monoisotopic (exact) mass is 255 g/mol. The summed E-state index contributed by atoms with van der Waals surface area (Å²) in [5.74, 6) is 0. The van der Waals surface area contributed by atoms with E-state index in [1.54, 1.807) is 0 Å². The Morgan fingerprint density at radius 1 is 1.71 bits per heavy atom. The van der Waals surface area contributed by atoms with E-state index in [1.807, 2.05) is 0 Å². The van der Waals surface area contributed by atoms with Gasteiger partial charge >= 0.3 is 16.2 Å². The number of nitrogens with one attached hydrogen (secondary N) is 2. The quantitative estimate of drug-likeness (QED) is 0.596. The number of aromatic amines is 1. The summed E-state index contributed by atoms with van der Waals surface area (Å²) in [4.78, 5) is 10.8. The molecule has 0 bridgehead atoms. The fraction of sp³-hybridized carbons (Fsp3) is 0.250. The molecule has 1 amide bonds. The van der Waals surface area contributed by atoms with Crippen LogP contribution in [0.3, 0.4) is 0 Å². The summed E-state index contributed by atoms with van der Waals surface area (Å²) < 4.78 is 25.4. The van der Waals surface area contributed by atoms with Gasteiger partial charge in [-0.15, -0.1) is 5.10 Å². The molecule has 0 saturated heterocycles. The first-order valence-electron chi connectivity index (χ1n) is 3.13. The summed E-state index contributed by atoms with van der Waals surface area (Å²) in [6, 6.07) is 0. The molecule has 1 heterocycles. The van der Waals surface area contributed by atoms with Crippen molar-refractivity contribution in [3.05, 3.63) is 3.95 Å².